The van der Waals surface area contributed by atoms with E-state index in [0.717, 1.165) is 12.1 Å². The van der Waals surface area contributed by atoms with Crippen molar-refractivity contribution in [2.45, 2.75) is 27.2 Å². The molecule has 1 aromatic rings. The van der Waals surface area contributed by atoms with Gasteiger partial charge in [-0.15, -0.1) is 0 Å². The van der Waals surface area contributed by atoms with Crippen LogP contribution in [0, 0.1) is 24.2 Å². The van der Waals surface area contributed by atoms with Crippen LogP contribution in [0.5, 0.6) is 0 Å². The smallest absolute Gasteiger partial charge is 0.224 e. The van der Waals surface area contributed by atoms with Crippen LogP contribution >= 0.6 is 23.2 Å². The van der Waals surface area contributed by atoms with Crippen LogP contribution < -0.4 is 5.32 Å². The van der Waals surface area contributed by atoms with Gasteiger partial charge in [-0.2, -0.15) is 0 Å². The summed E-state index contributed by atoms with van der Waals surface area (Å²) in [7, 11) is 0. The molecule has 1 amide bonds. The number of halogens is 2. The molecule has 1 fully saturated rings. The van der Waals surface area contributed by atoms with Crippen molar-refractivity contribution in [3.8, 4) is 0 Å². The number of hydrogen-bond donors (Lipinski definition) is 1. The summed E-state index contributed by atoms with van der Waals surface area (Å²) in [6, 6.07) is 3.99. The van der Waals surface area contributed by atoms with Crippen molar-refractivity contribution in [2.75, 3.05) is 6.54 Å². The molecular formula is C16H20Cl2N2O. The number of aromatic nitrogens is 1. The van der Waals surface area contributed by atoms with E-state index in [4.69, 9.17) is 23.2 Å². The van der Waals surface area contributed by atoms with E-state index in [1.807, 2.05) is 19.1 Å². The number of hydrogen-bond acceptors (Lipinski definition) is 2. The minimum Gasteiger partial charge on any atom is -0.355 e. The fourth-order valence-electron chi connectivity index (χ4n) is 2.78. The molecule has 114 valence electrons. The van der Waals surface area contributed by atoms with E-state index in [9.17, 15) is 4.79 Å². The third-order valence-electron chi connectivity index (χ3n) is 4.15. The van der Waals surface area contributed by atoms with Gasteiger partial charge in [-0.3, -0.25) is 9.78 Å². The molecule has 3 nitrogen and oxygen atoms in total. The first kappa shape index (κ1) is 16.3. The van der Waals surface area contributed by atoms with Crippen molar-refractivity contribution in [3.63, 3.8) is 0 Å². The molecule has 1 aromatic heterocycles. The summed E-state index contributed by atoms with van der Waals surface area (Å²) in [5.41, 5.74) is 2.09. The van der Waals surface area contributed by atoms with E-state index in [1.165, 1.54) is 5.56 Å². The van der Waals surface area contributed by atoms with Gasteiger partial charge >= 0.3 is 0 Å². The van der Waals surface area contributed by atoms with E-state index in [0.29, 0.717) is 6.54 Å². The first-order valence-electron chi connectivity index (χ1n) is 7.04. The van der Waals surface area contributed by atoms with E-state index in [-0.39, 0.29) is 27.6 Å². The molecule has 0 aromatic carbocycles. The SMILES string of the molecule is Cc1ccnc(CCNC(=O)C2C(C=C(Cl)Cl)C2(C)C)c1. The van der Waals surface area contributed by atoms with Crippen LogP contribution in [-0.2, 0) is 11.2 Å². The lowest BCUT2D eigenvalue weighted by Gasteiger charge is -2.06. The van der Waals surface area contributed by atoms with E-state index in [2.05, 4.69) is 24.1 Å². The molecule has 2 atom stereocenters. The van der Waals surface area contributed by atoms with Gasteiger partial charge < -0.3 is 5.32 Å². The summed E-state index contributed by atoms with van der Waals surface area (Å²) in [5.74, 6) is 0.110. The Balaban J connectivity index is 1.85. The summed E-state index contributed by atoms with van der Waals surface area (Å²) in [5, 5.41) is 2.98. The van der Waals surface area contributed by atoms with Gasteiger partial charge in [0.2, 0.25) is 5.91 Å². The van der Waals surface area contributed by atoms with Gasteiger partial charge in [0.15, 0.2) is 0 Å². The van der Waals surface area contributed by atoms with Gasteiger partial charge in [0, 0.05) is 24.9 Å². The molecule has 0 saturated heterocycles. The van der Waals surface area contributed by atoms with Crippen molar-refractivity contribution >= 4 is 29.1 Å². The predicted octanol–water partition coefficient (Wildman–Crippen LogP) is 3.64. The van der Waals surface area contributed by atoms with Crippen LogP contribution in [0.4, 0.5) is 0 Å². The second-order valence-corrected chi connectivity index (χ2v) is 7.15. The number of rotatable bonds is 5. The fraction of sp³-hybridized carbons (Fsp3) is 0.500. The third-order valence-corrected chi connectivity index (χ3v) is 4.40. The number of nitrogens with one attached hydrogen (secondary N) is 1. The standard InChI is InChI=1S/C16H20Cl2N2O/c1-10-4-6-19-11(8-10)5-7-20-15(21)14-12(9-13(17)18)16(14,2)3/h4,6,8-9,12,14H,5,7H2,1-3H3,(H,20,21). The fourth-order valence-corrected chi connectivity index (χ4v) is 3.06. The number of carbonyl (C=O) groups excluding carboxylic acids is 1. The maximum atomic E-state index is 12.2. The maximum absolute atomic E-state index is 12.2. The van der Waals surface area contributed by atoms with Crippen molar-refractivity contribution in [1.29, 1.82) is 0 Å². The van der Waals surface area contributed by atoms with Crippen LogP contribution in [0.15, 0.2) is 28.9 Å². The van der Waals surface area contributed by atoms with E-state index < -0.39 is 0 Å². The maximum Gasteiger partial charge on any atom is 0.224 e. The van der Waals surface area contributed by atoms with Crippen LogP contribution in [0.1, 0.15) is 25.1 Å². The van der Waals surface area contributed by atoms with Crippen LogP contribution in [0.2, 0.25) is 0 Å². The Morgan fingerprint density at radius 3 is 2.81 bits per heavy atom. The monoisotopic (exact) mass is 326 g/mol. The zero-order chi connectivity index (χ0) is 15.6. The molecule has 1 saturated carbocycles. The molecule has 0 bridgehead atoms. The molecule has 0 aliphatic heterocycles. The molecule has 21 heavy (non-hydrogen) atoms. The molecule has 1 heterocycles. The van der Waals surface area contributed by atoms with E-state index >= 15 is 0 Å². The second-order valence-electron chi connectivity index (χ2n) is 6.15. The molecule has 1 N–H and O–H groups in total. The van der Waals surface area contributed by atoms with Gasteiger partial charge in [0.05, 0.1) is 5.92 Å². The normalized spacial score (nSPS) is 22.5. The highest BCUT2D eigenvalue weighted by Crippen LogP contribution is 2.59. The minimum atomic E-state index is -0.0826. The van der Waals surface area contributed by atoms with Crippen molar-refractivity contribution in [1.82, 2.24) is 10.3 Å². The summed E-state index contributed by atoms with van der Waals surface area (Å²) >= 11 is 11.4. The lowest BCUT2D eigenvalue weighted by molar-refractivity contribution is -0.123. The molecule has 2 rings (SSSR count). The lowest BCUT2D eigenvalue weighted by atomic mass is 10.1. The molecule has 1 aliphatic carbocycles. The van der Waals surface area contributed by atoms with E-state index in [1.54, 1.807) is 12.3 Å². The summed E-state index contributed by atoms with van der Waals surface area (Å²) < 4.78 is 0.229. The topological polar surface area (TPSA) is 42.0 Å². The van der Waals surface area contributed by atoms with Gasteiger partial charge in [0.1, 0.15) is 4.49 Å². The Morgan fingerprint density at radius 1 is 1.48 bits per heavy atom. The molecule has 5 heteroatoms. The number of aryl methyl sites for hydroxylation is 1. The van der Waals surface area contributed by atoms with Gasteiger partial charge in [0.25, 0.3) is 0 Å². The number of amides is 1. The Kier molecular flexibility index (Phi) is 4.95. The van der Waals surface area contributed by atoms with Crippen LogP contribution in [0.25, 0.3) is 0 Å². The first-order valence-corrected chi connectivity index (χ1v) is 7.80. The van der Waals surface area contributed by atoms with Gasteiger partial charge in [-0.05, 0) is 42.0 Å². The van der Waals surface area contributed by atoms with Crippen LogP contribution in [-0.4, -0.2) is 17.4 Å². The molecule has 0 spiro atoms. The third kappa shape index (κ3) is 3.98. The molecule has 1 aliphatic rings. The Hall–Kier alpha value is -1.06. The Bertz CT molecular complexity index is 565. The average Bonchev–Trinajstić information content (AvgIpc) is 2.89. The quantitative estimate of drug-likeness (QED) is 0.897. The predicted molar refractivity (Wildman–Crippen MR) is 86.2 cm³/mol. The van der Waals surface area contributed by atoms with Crippen molar-refractivity contribution < 1.29 is 4.79 Å². The highest BCUT2D eigenvalue weighted by Gasteiger charge is 2.60. The summed E-state index contributed by atoms with van der Waals surface area (Å²) in [6.07, 6.45) is 4.28. The number of carbonyl (C=O) groups is 1. The lowest BCUT2D eigenvalue weighted by Crippen LogP contribution is -2.29. The van der Waals surface area contributed by atoms with Crippen molar-refractivity contribution in [3.05, 3.63) is 40.2 Å². The number of pyridine rings is 1. The summed E-state index contributed by atoms with van der Waals surface area (Å²) in [6.45, 7) is 6.73. The summed E-state index contributed by atoms with van der Waals surface area (Å²) in [4.78, 5) is 16.5. The van der Waals surface area contributed by atoms with Crippen molar-refractivity contribution in [2.24, 2.45) is 17.3 Å². The number of allylic oxidation sites excluding steroid dienone is 1. The number of nitrogens with zero attached hydrogens (tertiary/aromatic N) is 1. The largest absolute Gasteiger partial charge is 0.355 e. The highest BCUT2D eigenvalue weighted by atomic mass is 35.5. The Morgan fingerprint density at radius 2 is 2.19 bits per heavy atom. The molecule has 0 radical (unpaired) electrons. The highest BCUT2D eigenvalue weighted by molar-refractivity contribution is 6.55. The van der Waals surface area contributed by atoms with Gasteiger partial charge in [-0.25, -0.2) is 0 Å². The zero-order valence-electron chi connectivity index (χ0n) is 12.5. The minimum absolute atomic E-state index is 0.0588. The second kappa shape index (κ2) is 6.37. The first-order chi connectivity index (χ1) is 9.82. The van der Waals surface area contributed by atoms with Crippen LogP contribution in [0.3, 0.4) is 0 Å². The Labute approximate surface area is 135 Å². The zero-order valence-corrected chi connectivity index (χ0v) is 14.0. The molecule has 2 unspecified atom stereocenters. The molecular weight excluding hydrogens is 307 g/mol. The van der Waals surface area contributed by atoms with Gasteiger partial charge in [-0.1, -0.05) is 37.0 Å². The average molecular weight is 327 g/mol.